The second-order valence-corrected chi connectivity index (χ2v) is 3.50. The fourth-order valence-corrected chi connectivity index (χ4v) is 1.05. The maximum atomic E-state index is 12.4. The first-order valence-electron chi connectivity index (χ1n) is 5.03. The Morgan fingerprint density at radius 1 is 1.47 bits per heavy atom. The van der Waals surface area contributed by atoms with Crippen LogP contribution in [0.15, 0.2) is 12.1 Å². The van der Waals surface area contributed by atoms with Gasteiger partial charge < -0.3 is 4.74 Å². The van der Waals surface area contributed by atoms with Crippen molar-refractivity contribution in [1.82, 2.24) is 4.98 Å². The lowest BCUT2D eigenvalue weighted by molar-refractivity contribution is -0.141. The molecule has 0 aliphatic rings. The number of rotatable bonds is 3. The average molecular weight is 244 g/mol. The van der Waals surface area contributed by atoms with Gasteiger partial charge in [-0.3, -0.25) is 0 Å². The molecule has 0 N–H and O–H groups in total. The number of hydrogen-bond donors (Lipinski definition) is 0. The number of ether oxygens (including phenoxy) is 1. The Kier molecular flexibility index (Phi) is 3.94. The van der Waals surface area contributed by atoms with Gasteiger partial charge >= 0.3 is 6.18 Å². The van der Waals surface area contributed by atoms with Crippen LogP contribution in [-0.4, -0.2) is 11.1 Å². The standard InChI is InChI=1S/C11H11F3N2O/c1-3-7(2)17-10-8(6-15)4-5-9(16-10)11(12,13)14/h4-5,7H,3H2,1-2H3. The fraction of sp³-hybridized carbons (Fsp3) is 0.455. The van der Waals surface area contributed by atoms with Crippen molar-refractivity contribution < 1.29 is 17.9 Å². The quantitative estimate of drug-likeness (QED) is 0.820. The molecule has 0 aromatic carbocycles. The molecular weight excluding hydrogens is 233 g/mol. The average Bonchev–Trinajstić information content (AvgIpc) is 2.27. The van der Waals surface area contributed by atoms with Gasteiger partial charge in [-0.25, -0.2) is 4.98 Å². The summed E-state index contributed by atoms with van der Waals surface area (Å²) in [6, 6.07) is 3.58. The highest BCUT2D eigenvalue weighted by molar-refractivity contribution is 5.39. The van der Waals surface area contributed by atoms with E-state index in [1.54, 1.807) is 13.0 Å². The van der Waals surface area contributed by atoms with Crippen molar-refractivity contribution >= 4 is 0 Å². The molecule has 1 aromatic heterocycles. The first-order chi connectivity index (χ1) is 7.88. The molecule has 0 saturated carbocycles. The van der Waals surface area contributed by atoms with Gasteiger partial charge in [0.1, 0.15) is 17.3 Å². The minimum atomic E-state index is -4.54. The van der Waals surface area contributed by atoms with Crippen LogP contribution in [0, 0.1) is 11.3 Å². The summed E-state index contributed by atoms with van der Waals surface area (Å²) in [5.41, 5.74) is -1.06. The molecule has 1 rings (SSSR count). The van der Waals surface area contributed by atoms with Crippen molar-refractivity contribution in [3.05, 3.63) is 23.4 Å². The summed E-state index contributed by atoms with van der Waals surface area (Å²) in [5, 5.41) is 8.75. The van der Waals surface area contributed by atoms with Gasteiger partial charge in [0.2, 0.25) is 5.88 Å². The molecule has 0 amide bonds. The third-order valence-corrected chi connectivity index (χ3v) is 2.16. The molecule has 0 saturated heterocycles. The summed E-state index contributed by atoms with van der Waals surface area (Å²) in [7, 11) is 0. The largest absolute Gasteiger partial charge is 0.474 e. The Balaban J connectivity index is 3.12. The first kappa shape index (κ1) is 13.3. The van der Waals surface area contributed by atoms with Crippen LogP contribution in [0.4, 0.5) is 13.2 Å². The van der Waals surface area contributed by atoms with Crippen LogP contribution in [0.2, 0.25) is 0 Å². The monoisotopic (exact) mass is 244 g/mol. The van der Waals surface area contributed by atoms with Gasteiger partial charge in [-0.1, -0.05) is 6.92 Å². The highest BCUT2D eigenvalue weighted by atomic mass is 19.4. The lowest BCUT2D eigenvalue weighted by Crippen LogP contribution is -2.15. The molecular formula is C11H11F3N2O. The molecule has 0 aliphatic carbocycles. The number of alkyl halides is 3. The Hall–Kier alpha value is -1.77. The van der Waals surface area contributed by atoms with Gasteiger partial charge in [-0.05, 0) is 25.5 Å². The van der Waals surface area contributed by atoms with Crippen LogP contribution in [-0.2, 0) is 6.18 Å². The molecule has 3 nitrogen and oxygen atoms in total. The van der Waals surface area contributed by atoms with E-state index in [0.29, 0.717) is 6.42 Å². The van der Waals surface area contributed by atoms with E-state index < -0.39 is 11.9 Å². The zero-order valence-electron chi connectivity index (χ0n) is 9.38. The number of hydrogen-bond acceptors (Lipinski definition) is 3. The van der Waals surface area contributed by atoms with Crippen LogP contribution in [0.1, 0.15) is 31.5 Å². The van der Waals surface area contributed by atoms with E-state index in [1.807, 2.05) is 6.92 Å². The smallest absolute Gasteiger partial charge is 0.433 e. The van der Waals surface area contributed by atoms with Gasteiger partial charge in [0.05, 0.1) is 6.10 Å². The van der Waals surface area contributed by atoms with Crippen LogP contribution in [0.25, 0.3) is 0 Å². The summed E-state index contributed by atoms with van der Waals surface area (Å²) in [6.45, 7) is 3.52. The molecule has 17 heavy (non-hydrogen) atoms. The number of nitriles is 1. The lowest BCUT2D eigenvalue weighted by Gasteiger charge is -2.14. The molecule has 0 spiro atoms. The predicted octanol–water partition coefficient (Wildman–Crippen LogP) is 3.15. The van der Waals surface area contributed by atoms with Crippen LogP contribution < -0.4 is 4.74 Å². The molecule has 1 aromatic rings. The van der Waals surface area contributed by atoms with E-state index in [0.717, 1.165) is 12.1 Å². The molecule has 1 atom stereocenters. The molecule has 1 heterocycles. The van der Waals surface area contributed by atoms with Crippen molar-refractivity contribution in [3.8, 4) is 11.9 Å². The SMILES string of the molecule is CCC(C)Oc1nc(C(F)(F)F)ccc1C#N. The van der Waals surface area contributed by atoms with Crippen molar-refractivity contribution in [2.24, 2.45) is 0 Å². The zero-order valence-corrected chi connectivity index (χ0v) is 9.38. The minimum absolute atomic E-state index is 0.00157. The normalized spacial score (nSPS) is 12.9. The molecule has 0 aliphatic heterocycles. The van der Waals surface area contributed by atoms with Gasteiger partial charge in [0.25, 0.3) is 0 Å². The van der Waals surface area contributed by atoms with Crippen LogP contribution in [0.5, 0.6) is 5.88 Å². The maximum absolute atomic E-state index is 12.4. The summed E-state index contributed by atoms with van der Waals surface area (Å²) < 4.78 is 42.5. The molecule has 92 valence electrons. The topological polar surface area (TPSA) is 45.9 Å². The predicted molar refractivity (Wildman–Crippen MR) is 54.3 cm³/mol. The van der Waals surface area contributed by atoms with Crippen molar-refractivity contribution in [2.45, 2.75) is 32.5 Å². The van der Waals surface area contributed by atoms with Crippen LogP contribution >= 0.6 is 0 Å². The fourth-order valence-electron chi connectivity index (χ4n) is 1.05. The number of nitrogens with zero attached hydrogens (tertiary/aromatic N) is 2. The molecule has 0 radical (unpaired) electrons. The summed E-state index contributed by atoms with van der Waals surface area (Å²) >= 11 is 0. The molecule has 6 heteroatoms. The second kappa shape index (κ2) is 5.04. The van der Waals surface area contributed by atoms with E-state index >= 15 is 0 Å². The number of halogens is 3. The maximum Gasteiger partial charge on any atom is 0.433 e. The highest BCUT2D eigenvalue weighted by Gasteiger charge is 2.33. The third kappa shape index (κ3) is 3.34. The van der Waals surface area contributed by atoms with Gasteiger partial charge in [-0.2, -0.15) is 18.4 Å². The van der Waals surface area contributed by atoms with Crippen LogP contribution in [0.3, 0.4) is 0 Å². The van der Waals surface area contributed by atoms with E-state index in [1.165, 1.54) is 0 Å². The van der Waals surface area contributed by atoms with Crippen molar-refractivity contribution in [2.75, 3.05) is 0 Å². The van der Waals surface area contributed by atoms with E-state index in [2.05, 4.69) is 4.98 Å². The third-order valence-electron chi connectivity index (χ3n) is 2.16. The lowest BCUT2D eigenvalue weighted by atomic mass is 10.2. The summed E-state index contributed by atoms with van der Waals surface area (Å²) in [5.74, 6) is -0.267. The summed E-state index contributed by atoms with van der Waals surface area (Å²) in [6.07, 6.45) is -4.22. The van der Waals surface area contributed by atoms with Crippen molar-refractivity contribution in [3.63, 3.8) is 0 Å². The Morgan fingerprint density at radius 2 is 2.12 bits per heavy atom. The van der Waals surface area contributed by atoms with E-state index in [9.17, 15) is 13.2 Å². The number of pyridine rings is 1. The molecule has 0 fully saturated rings. The van der Waals surface area contributed by atoms with Crippen molar-refractivity contribution in [1.29, 1.82) is 5.26 Å². The van der Waals surface area contributed by atoms with Gasteiger partial charge in [0, 0.05) is 0 Å². The highest BCUT2D eigenvalue weighted by Crippen LogP contribution is 2.30. The molecule has 1 unspecified atom stereocenters. The van der Waals surface area contributed by atoms with Gasteiger partial charge in [-0.15, -0.1) is 0 Å². The zero-order chi connectivity index (χ0) is 13.1. The second-order valence-electron chi connectivity index (χ2n) is 3.50. The van der Waals surface area contributed by atoms with E-state index in [4.69, 9.17) is 10.00 Å². The Morgan fingerprint density at radius 3 is 2.59 bits per heavy atom. The summed E-state index contributed by atoms with van der Waals surface area (Å²) in [4.78, 5) is 3.33. The van der Waals surface area contributed by atoms with Gasteiger partial charge in [0.15, 0.2) is 0 Å². The van der Waals surface area contributed by atoms with E-state index in [-0.39, 0.29) is 17.5 Å². The number of aromatic nitrogens is 1. The Labute approximate surface area is 96.8 Å². The minimum Gasteiger partial charge on any atom is -0.474 e. The molecule has 0 bridgehead atoms. The first-order valence-corrected chi connectivity index (χ1v) is 5.03. The Bertz CT molecular complexity index is 437.